The van der Waals surface area contributed by atoms with E-state index < -0.39 is 27.7 Å². The zero-order valence-corrected chi connectivity index (χ0v) is 10.9. The van der Waals surface area contributed by atoms with Crippen molar-refractivity contribution in [1.82, 2.24) is 0 Å². The first-order valence-corrected chi connectivity index (χ1v) is 5.00. The van der Waals surface area contributed by atoms with Crippen molar-refractivity contribution in [2.45, 2.75) is 6.18 Å². The minimum absolute atomic E-state index is 0. The van der Waals surface area contributed by atoms with Gasteiger partial charge in [-0.2, -0.15) is 13.2 Å². The Balaban J connectivity index is 0.00000225. The predicted octanol–water partition coefficient (Wildman–Crippen LogP) is -1.42. The molecule has 0 unspecified atom stereocenters. The van der Waals surface area contributed by atoms with Crippen LogP contribution in [0.15, 0.2) is 24.3 Å². The smallest absolute Gasteiger partial charge is 0.731 e. The molecule has 9 heteroatoms. The number of alkyl halides is 3. The number of benzene rings is 1. The van der Waals surface area contributed by atoms with Gasteiger partial charge >= 0.3 is 35.7 Å². The quantitative estimate of drug-likeness (QED) is 0.526. The largest absolute Gasteiger partial charge is 1.00 e. The third-order valence-corrected chi connectivity index (χ3v) is 1.92. The fourth-order valence-corrected chi connectivity index (χ4v) is 1.32. The van der Waals surface area contributed by atoms with E-state index in [0.29, 0.717) is 6.07 Å². The van der Waals surface area contributed by atoms with Crippen molar-refractivity contribution in [3.05, 3.63) is 29.8 Å². The molecule has 0 saturated heterocycles. The Kier molecular flexibility index (Phi) is 5.27. The number of rotatable bonds is 2. The van der Waals surface area contributed by atoms with Gasteiger partial charge in [0, 0.05) is 5.69 Å². The Morgan fingerprint density at radius 3 is 2.25 bits per heavy atom. The molecule has 0 saturated carbocycles. The van der Waals surface area contributed by atoms with E-state index in [0.717, 1.165) is 18.2 Å². The minimum Gasteiger partial charge on any atom is -0.731 e. The van der Waals surface area contributed by atoms with Crippen LogP contribution in [0.5, 0.6) is 0 Å². The molecule has 0 spiro atoms. The normalized spacial score (nSPS) is 11.8. The molecule has 1 aromatic rings. The molecule has 4 nitrogen and oxygen atoms in total. The molecular formula is C7H5F3NNaO3S. The van der Waals surface area contributed by atoms with Gasteiger partial charge in [0.1, 0.15) is 0 Å². The van der Waals surface area contributed by atoms with Crippen LogP contribution in [0.25, 0.3) is 0 Å². The van der Waals surface area contributed by atoms with E-state index in [4.69, 9.17) is 0 Å². The third kappa shape index (κ3) is 5.17. The average Bonchev–Trinajstić information content (AvgIpc) is 1.99. The van der Waals surface area contributed by atoms with Crippen molar-refractivity contribution in [3.8, 4) is 0 Å². The summed E-state index contributed by atoms with van der Waals surface area (Å²) >= 11 is 0. The summed E-state index contributed by atoms with van der Waals surface area (Å²) in [5.41, 5.74) is -1.45. The Morgan fingerprint density at radius 2 is 1.81 bits per heavy atom. The summed E-state index contributed by atoms with van der Waals surface area (Å²) in [6, 6.07) is 3.35. The summed E-state index contributed by atoms with van der Waals surface area (Å²) in [4.78, 5) is 0. The maximum Gasteiger partial charge on any atom is 1.00 e. The van der Waals surface area contributed by atoms with Gasteiger partial charge in [-0.05, 0) is 18.2 Å². The summed E-state index contributed by atoms with van der Waals surface area (Å²) < 4.78 is 68.5. The maximum atomic E-state index is 12.1. The van der Waals surface area contributed by atoms with Crippen molar-refractivity contribution < 1.29 is 55.7 Å². The standard InChI is InChI=1S/C7H6F3NO3S.Na/c8-7(9,10)5-2-1-3-6(4-5)11-15(12,13)14;/h1-4,11H,(H,12,13,14);/q;+1/p-1. The molecule has 0 aliphatic carbocycles. The van der Waals surface area contributed by atoms with Crippen LogP contribution >= 0.6 is 0 Å². The van der Waals surface area contributed by atoms with Crippen LogP contribution in [-0.4, -0.2) is 13.0 Å². The van der Waals surface area contributed by atoms with Crippen LogP contribution in [-0.2, 0) is 16.5 Å². The summed E-state index contributed by atoms with van der Waals surface area (Å²) in [7, 11) is -4.81. The Morgan fingerprint density at radius 1 is 1.25 bits per heavy atom. The van der Waals surface area contributed by atoms with Crippen molar-refractivity contribution in [2.75, 3.05) is 4.72 Å². The van der Waals surface area contributed by atoms with E-state index in [1.165, 1.54) is 4.72 Å². The first-order chi connectivity index (χ1) is 6.68. The van der Waals surface area contributed by atoms with Gasteiger partial charge in [0.15, 0.2) is 10.3 Å². The van der Waals surface area contributed by atoms with Gasteiger partial charge in [0.05, 0.1) is 5.56 Å². The molecule has 0 aromatic heterocycles. The molecule has 0 heterocycles. The Bertz CT molecular complexity index is 460. The summed E-state index contributed by atoms with van der Waals surface area (Å²) in [5, 5.41) is 0. The van der Waals surface area contributed by atoms with Gasteiger partial charge in [0.25, 0.3) is 0 Å². The first kappa shape index (κ1) is 15.7. The molecule has 16 heavy (non-hydrogen) atoms. The van der Waals surface area contributed by atoms with E-state index >= 15 is 0 Å². The van der Waals surface area contributed by atoms with E-state index in [9.17, 15) is 26.1 Å². The molecule has 1 aromatic carbocycles. The van der Waals surface area contributed by atoms with Crippen LogP contribution < -0.4 is 34.3 Å². The summed E-state index contributed by atoms with van der Waals surface area (Å²) in [6.07, 6.45) is -4.58. The SMILES string of the molecule is O=S(=O)([O-])Nc1cccc(C(F)(F)F)c1.[Na+]. The Labute approximate surface area is 112 Å². The average molecular weight is 263 g/mol. The second-order valence-electron chi connectivity index (χ2n) is 2.63. The fraction of sp³-hybridized carbons (Fsp3) is 0.143. The van der Waals surface area contributed by atoms with Crippen molar-refractivity contribution in [3.63, 3.8) is 0 Å². The minimum atomic E-state index is -4.81. The van der Waals surface area contributed by atoms with Gasteiger partial charge in [0.2, 0.25) is 0 Å². The van der Waals surface area contributed by atoms with Gasteiger partial charge < -0.3 is 4.55 Å². The summed E-state index contributed by atoms with van der Waals surface area (Å²) in [5.74, 6) is 0. The van der Waals surface area contributed by atoms with Crippen molar-refractivity contribution in [2.24, 2.45) is 0 Å². The first-order valence-electron chi connectivity index (χ1n) is 3.59. The van der Waals surface area contributed by atoms with Crippen LogP contribution in [0.2, 0.25) is 0 Å². The molecule has 1 N–H and O–H groups in total. The Hall–Kier alpha value is -0.280. The summed E-state index contributed by atoms with van der Waals surface area (Å²) in [6.45, 7) is 0. The number of halogens is 3. The van der Waals surface area contributed by atoms with Gasteiger partial charge in [-0.25, -0.2) is 8.42 Å². The van der Waals surface area contributed by atoms with Crippen LogP contribution in [0, 0.1) is 0 Å². The van der Waals surface area contributed by atoms with E-state index in [-0.39, 0.29) is 29.6 Å². The molecule has 0 radical (unpaired) electrons. The molecule has 0 aliphatic rings. The monoisotopic (exact) mass is 263 g/mol. The number of anilines is 1. The molecule has 0 atom stereocenters. The zero-order valence-electron chi connectivity index (χ0n) is 8.08. The van der Waals surface area contributed by atoms with Crippen molar-refractivity contribution in [1.29, 1.82) is 0 Å². The van der Waals surface area contributed by atoms with Crippen LogP contribution in [0.3, 0.4) is 0 Å². The molecule has 0 aliphatic heterocycles. The fourth-order valence-electron chi connectivity index (χ4n) is 0.903. The number of hydrogen-bond donors (Lipinski definition) is 1. The predicted molar refractivity (Wildman–Crippen MR) is 44.8 cm³/mol. The van der Waals surface area contributed by atoms with Gasteiger partial charge in [-0.3, -0.25) is 4.72 Å². The second kappa shape index (κ2) is 5.37. The number of hydrogen-bond acceptors (Lipinski definition) is 3. The van der Waals surface area contributed by atoms with Gasteiger partial charge in [-0.15, -0.1) is 0 Å². The molecule has 84 valence electrons. The molecule has 0 amide bonds. The molecule has 0 fully saturated rings. The third-order valence-electron chi connectivity index (χ3n) is 1.43. The molecule has 0 bridgehead atoms. The topological polar surface area (TPSA) is 69.2 Å². The van der Waals surface area contributed by atoms with E-state index in [2.05, 4.69) is 0 Å². The second-order valence-corrected chi connectivity index (χ2v) is 3.75. The van der Waals surface area contributed by atoms with Crippen LogP contribution in [0.4, 0.5) is 18.9 Å². The zero-order chi connectivity index (χ0) is 11.7. The van der Waals surface area contributed by atoms with Crippen molar-refractivity contribution >= 4 is 16.0 Å². The molecule has 1 rings (SSSR count). The van der Waals surface area contributed by atoms with Gasteiger partial charge in [-0.1, -0.05) is 6.07 Å². The van der Waals surface area contributed by atoms with E-state index in [1.54, 1.807) is 0 Å². The van der Waals surface area contributed by atoms with E-state index in [1.807, 2.05) is 0 Å². The number of nitrogens with one attached hydrogen (secondary N) is 1. The van der Waals surface area contributed by atoms with Crippen LogP contribution in [0.1, 0.15) is 5.56 Å². The maximum absolute atomic E-state index is 12.1. The molecular weight excluding hydrogens is 258 g/mol.